The highest BCUT2D eigenvalue weighted by Gasteiger charge is 2.24. The summed E-state index contributed by atoms with van der Waals surface area (Å²) in [5.41, 5.74) is 4.52. The summed E-state index contributed by atoms with van der Waals surface area (Å²) in [6.45, 7) is 8.57. The summed E-state index contributed by atoms with van der Waals surface area (Å²) in [6.07, 6.45) is 2.49. The molecule has 6 nitrogen and oxygen atoms in total. The molecule has 0 saturated carbocycles. The second-order valence-corrected chi connectivity index (χ2v) is 9.55. The Balaban J connectivity index is 1.49. The van der Waals surface area contributed by atoms with E-state index in [2.05, 4.69) is 35.4 Å². The van der Waals surface area contributed by atoms with Crippen molar-refractivity contribution in [2.45, 2.75) is 52.2 Å². The molecule has 2 aliphatic rings. The second kappa shape index (κ2) is 9.43. The zero-order chi connectivity index (χ0) is 21.1. The number of fused-ring (bicyclic) bond motifs is 1. The van der Waals surface area contributed by atoms with Gasteiger partial charge in [-0.25, -0.2) is 0 Å². The van der Waals surface area contributed by atoms with Gasteiger partial charge in [-0.3, -0.25) is 9.79 Å². The van der Waals surface area contributed by atoms with E-state index >= 15 is 0 Å². The van der Waals surface area contributed by atoms with Crippen LogP contribution in [0.25, 0.3) is 10.9 Å². The van der Waals surface area contributed by atoms with Crippen molar-refractivity contribution >= 4 is 39.4 Å². The van der Waals surface area contributed by atoms with Crippen LogP contribution in [0.3, 0.4) is 0 Å². The summed E-state index contributed by atoms with van der Waals surface area (Å²) in [7, 11) is 0. The summed E-state index contributed by atoms with van der Waals surface area (Å²) in [5, 5.41) is 5.82. The molecule has 1 fully saturated rings. The molecule has 0 amide bonds. The van der Waals surface area contributed by atoms with E-state index in [0.717, 1.165) is 60.3 Å². The smallest absolute Gasteiger partial charge is 0.308 e. The maximum Gasteiger partial charge on any atom is 0.308 e. The Hall–Kier alpha value is -1.99. The highest BCUT2D eigenvalue weighted by Crippen LogP contribution is 2.31. The number of ether oxygens (including phenoxy) is 2. The van der Waals surface area contributed by atoms with Gasteiger partial charge in [0, 0.05) is 30.9 Å². The molecule has 162 valence electrons. The van der Waals surface area contributed by atoms with Gasteiger partial charge in [0.15, 0.2) is 0 Å². The molecule has 1 aromatic carbocycles. The first kappa shape index (κ1) is 21.2. The maximum absolute atomic E-state index is 12.0. The number of H-pyrrole nitrogens is 1. The topological polar surface area (TPSA) is 75.7 Å². The van der Waals surface area contributed by atoms with Crippen LogP contribution in [0.2, 0.25) is 0 Å². The van der Waals surface area contributed by atoms with Crippen molar-refractivity contribution in [3.63, 3.8) is 0 Å². The Bertz CT molecular complexity index is 931. The number of rotatable bonds is 7. The molecule has 0 bridgehead atoms. The average molecular weight is 430 g/mol. The minimum absolute atomic E-state index is 0.0180. The lowest BCUT2D eigenvalue weighted by molar-refractivity contribution is -0.147. The number of carbonyl (C=O) groups excluding carboxylic acids is 1. The fraction of sp³-hybridized carbons (Fsp3) is 0.565. The average Bonchev–Trinajstić information content (AvgIpc) is 3.33. The molecule has 0 spiro atoms. The van der Waals surface area contributed by atoms with Gasteiger partial charge in [-0.15, -0.1) is 11.8 Å². The van der Waals surface area contributed by atoms with Crippen molar-refractivity contribution in [2.24, 2.45) is 10.9 Å². The lowest BCUT2D eigenvalue weighted by atomic mass is 10.0. The van der Waals surface area contributed by atoms with Gasteiger partial charge in [0.2, 0.25) is 0 Å². The Morgan fingerprint density at radius 3 is 2.90 bits per heavy atom. The first-order chi connectivity index (χ1) is 14.5. The van der Waals surface area contributed by atoms with Gasteiger partial charge in [0.05, 0.1) is 35.5 Å². The minimum atomic E-state index is -0.174. The Morgan fingerprint density at radius 2 is 2.13 bits per heavy atom. The van der Waals surface area contributed by atoms with E-state index in [4.69, 9.17) is 14.5 Å². The van der Waals surface area contributed by atoms with Crippen molar-refractivity contribution in [3.05, 3.63) is 29.5 Å². The zero-order valence-corrected chi connectivity index (χ0v) is 18.8. The molecule has 1 atom stereocenters. The van der Waals surface area contributed by atoms with Gasteiger partial charge < -0.3 is 19.8 Å². The number of benzene rings is 1. The van der Waals surface area contributed by atoms with Gasteiger partial charge in [-0.05, 0) is 63.3 Å². The van der Waals surface area contributed by atoms with Gasteiger partial charge in [0.1, 0.15) is 5.04 Å². The molecule has 1 saturated heterocycles. The first-order valence-corrected chi connectivity index (χ1v) is 11.8. The molecule has 1 aromatic heterocycles. The third-order valence-corrected chi connectivity index (χ3v) is 6.66. The maximum atomic E-state index is 12.0. The number of carbonyl (C=O) groups is 1. The summed E-state index contributed by atoms with van der Waals surface area (Å²) >= 11 is 1.70. The van der Waals surface area contributed by atoms with E-state index in [1.807, 2.05) is 13.8 Å². The van der Waals surface area contributed by atoms with E-state index in [0.29, 0.717) is 12.3 Å². The third kappa shape index (κ3) is 5.19. The second-order valence-electron chi connectivity index (χ2n) is 8.54. The van der Waals surface area contributed by atoms with E-state index in [1.165, 1.54) is 10.9 Å². The molecule has 2 aromatic rings. The normalized spacial score (nSPS) is 20.0. The molecule has 30 heavy (non-hydrogen) atoms. The Kier molecular flexibility index (Phi) is 6.68. The molecular formula is C23H31N3O3S. The number of anilines is 1. The van der Waals surface area contributed by atoms with Gasteiger partial charge in [-0.2, -0.15) is 0 Å². The number of aromatic amines is 1. The molecule has 4 rings (SSSR count). The standard InChI is InChI=1S/C23H31N3O3S/c1-14(2)29-21(27)11-18-13-30-23(25-18)20-10-17-8-15(3)9-19(22(17)26-20)24-12-16-4-6-28-7-5-16/h8-10,14,16,18,24,26H,4-7,11-13H2,1-3H3. The highest BCUT2D eigenvalue weighted by molar-refractivity contribution is 8.14. The Labute approximate surface area is 182 Å². The van der Waals surface area contributed by atoms with Crippen LogP contribution >= 0.6 is 11.8 Å². The largest absolute Gasteiger partial charge is 0.463 e. The number of esters is 1. The number of hydrogen-bond donors (Lipinski definition) is 2. The van der Waals surface area contributed by atoms with Crippen LogP contribution in [-0.2, 0) is 14.3 Å². The quantitative estimate of drug-likeness (QED) is 0.633. The predicted molar refractivity (Wildman–Crippen MR) is 124 cm³/mol. The van der Waals surface area contributed by atoms with Crippen LogP contribution < -0.4 is 5.32 Å². The first-order valence-electron chi connectivity index (χ1n) is 10.8. The molecule has 0 radical (unpaired) electrons. The van der Waals surface area contributed by atoms with Crippen molar-refractivity contribution < 1.29 is 14.3 Å². The number of nitrogens with zero attached hydrogens (tertiary/aromatic N) is 1. The van der Waals surface area contributed by atoms with Crippen LogP contribution in [0.5, 0.6) is 0 Å². The lowest BCUT2D eigenvalue weighted by Gasteiger charge is -2.23. The molecule has 3 heterocycles. The van der Waals surface area contributed by atoms with Crippen LogP contribution in [0.1, 0.15) is 44.4 Å². The molecule has 1 unspecified atom stereocenters. The summed E-state index contributed by atoms with van der Waals surface area (Å²) in [6, 6.07) is 6.56. The SMILES string of the molecule is Cc1cc(NCC2CCOCC2)c2[nH]c(C3=NC(CC(=O)OC(C)C)CS3)cc2c1. The van der Waals surface area contributed by atoms with E-state index in [-0.39, 0.29) is 18.1 Å². The molecular weight excluding hydrogens is 398 g/mol. The number of aromatic nitrogens is 1. The van der Waals surface area contributed by atoms with E-state index < -0.39 is 0 Å². The fourth-order valence-corrected chi connectivity index (χ4v) is 5.06. The van der Waals surface area contributed by atoms with Gasteiger partial charge in [-0.1, -0.05) is 0 Å². The molecule has 2 N–H and O–H groups in total. The summed E-state index contributed by atoms with van der Waals surface area (Å²) < 4.78 is 10.7. The van der Waals surface area contributed by atoms with Crippen LogP contribution in [0.15, 0.2) is 23.2 Å². The molecule has 2 aliphatic heterocycles. The Morgan fingerprint density at radius 1 is 1.33 bits per heavy atom. The number of hydrogen-bond acceptors (Lipinski definition) is 6. The minimum Gasteiger partial charge on any atom is -0.463 e. The number of thioether (sulfide) groups is 1. The number of aryl methyl sites for hydroxylation is 1. The highest BCUT2D eigenvalue weighted by atomic mass is 32.2. The summed E-state index contributed by atoms with van der Waals surface area (Å²) in [5.74, 6) is 1.29. The molecule has 0 aliphatic carbocycles. The van der Waals surface area contributed by atoms with Gasteiger partial charge >= 0.3 is 5.97 Å². The molecule has 7 heteroatoms. The zero-order valence-electron chi connectivity index (χ0n) is 18.0. The fourth-order valence-electron chi connectivity index (χ4n) is 4.02. The predicted octanol–water partition coefficient (Wildman–Crippen LogP) is 4.52. The van der Waals surface area contributed by atoms with Gasteiger partial charge in [0.25, 0.3) is 0 Å². The van der Waals surface area contributed by atoms with Crippen molar-refractivity contribution in [1.82, 2.24) is 4.98 Å². The lowest BCUT2D eigenvalue weighted by Crippen LogP contribution is -2.22. The van der Waals surface area contributed by atoms with Crippen LogP contribution in [0.4, 0.5) is 5.69 Å². The van der Waals surface area contributed by atoms with Crippen molar-refractivity contribution in [3.8, 4) is 0 Å². The summed E-state index contributed by atoms with van der Waals surface area (Å²) in [4.78, 5) is 20.3. The number of nitrogens with one attached hydrogen (secondary N) is 2. The van der Waals surface area contributed by atoms with Crippen molar-refractivity contribution in [2.75, 3.05) is 30.8 Å². The number of aliphatic imine (C=N–C) groups is 1. The third-order valence-electron chi connectivity index (χ3n) is 5.51. The van der Waals surface area contributed by atoms with Crippen LogP contribution in [0, 0.1) is 12.8 Å². The van der Waals surface area contributed by atoms with E-state index in [1.54, 1.807) is 11.8 Å². The monoisotopic (exact) mass is 429 g/mol. The van der Waals surface area contributed by atoms with Crippen molar-refractivity contribution in [1.29, 1.82) is 0 Å². The van der Waals surface area contributed by atoms with Crippen LogP contribution in [-0.4, -0.2) is 53.7 Å². The van der Waals surface area contributed by atoms with E-state index in [9.17, 15) is 4.79 Å².